The Labute approximate surface area is 176 Å². The minimum absolute atomic E-state index is 0.0315. The first-order valence-electron chi connectivity index (χ1n) is 9.30. The molecule has 0 N–H and O–H groups in total. The molecule has 2 heterocycles. The Morgan fingerprint density at radius 2 is 1.90 bits per heavy atom. The molecule has 4 aromatic rings. The van der Waals surface area contributed by atoms with Crippen molar-refractivity contribution in [3.05, 3.63) is 98.5 Å². The highest BCUT2D eigenvalue weighted by Gasteiger charge is 2.19. The van der Waals surface area contributed by atoms with Crippen LogP contribution in [0.15, 0.2) is 76.8 Å². The molecule has 8 heteroatoms. The maximum absolute atomic E-state index is 13.3. The van der Waals surface area contributed by atoms with Gasteiger partial charge in [-0.05, 0) is 43.2 Å². The highest BCUT2D eigenvalue weighted by molar-refractivity contribution is 7.99. The van der Waals surface area contributed by atoms with Crippen LogP contribution in [0.4, 0.5) is 5.69 Å². The lowest BCUT2D eigenvalue weighted by Gasteiger charge is -2.16. The van der Waals surface area contributed by atoms with Crippen LogP contribution in [0.3, 0.4) is 0 Å². The molecule has 0 saturated heterocycles. The van der Waals surface area contributed by atoms with Gasteiger partial charge in [-0.3, -0.25) is 14.9 Å². The smallest absolute Gasteiger partial charge is 0.268 e. The lowest BCUT2D eigenvalue weighted by atomic mass is 10.1. The molecule has 4 rings (SSSR count). The number of fused-ring (bicyclic) bond motifs is 1. The zero-order valence-electron chi connectivity index (χ0n) is 16.4. The molecule has 0 radical (unpaired) electrons. The summed E-state index contributed by atoms with van der Waals surface area (Å²) in [4.78, 5) is 33.1. The summed E-state index contributed by atoms with van der Waals surface area (Å²) in [7, 11) is 0. The zero-order valence-corrected chi connectivity index (χ0v) is 17.2. The SMILES string of the molecule is Cc1ccc(-n2c(SC(C)c3cccc([N+](=O)[O-])c3)nc3ccccc3c2=O)nc1. The summed E-state index contributed by atoms with van der Waals surface area (Å²) >= 11 is 1.36. The summed E-state index contributed by atoms with van der Waals surface area (Å²) < 4.78 is 1.50. The number of nitrogens with zero attached hydrogens (tertiary/aromatic N) is 4. The number of hydrogen-bond acceptors (Lipinski definition) is 6. The van der Waals surface area contributed by atoms with Crippen molar-refractivity contribution in [2.24, 2.45) is 0 Å². The van der Waals surface area contributed by atoms with Gasteiger partial charge in [0.25, 0.3) is 11.2 Å². The second-order valence-corrected chi connectivity index (χ2v) is 8.17. The van der Waals surface area contributed by atoms with Crippen molar-refractivity contribution in [1.82, 2.24) is 14.5 Å². The molecule has 2 aromatic heterocycles. The number of hydrogen-bond donors (Lipinski definition) is 0. The van der Waals surface area contributed by atoms with Crippen LogP contribution in [0.5, 0.6) is 0 Å². The van der Waals surface area contributed by atoms with E-state index in [1.807, 2.05) is 32.0 Å². The van der Waals surface area contributed by atoms with Crippen molar-refractivity contribution < 1.29 is 4.92 Å². The Kier molecular flexibility index (Phi) is 5.33. The summed E-state index contributed by atoms with van der Waals surface area (Å²) in [6, 6.07) is 17.4. The first kappa shape index (κ1) is 19.8. The van der Waals surface area contributed by atoms with E-state index in [4.69, 9.17) is 4.98 Å². The van der Waals surface area contributed by atoms with Crippen molar-refractivity contribution in [2.45, 2.75) is 24.3 Å². The van der Waals surface area contributed by atoms with Gasteiger partial charge in [-0.1, -0.05) is 42.1 Å². The fourth-order valence-corrected chi connectivity index (χ4v) is 4.13. The molecule has 2 aromatic carbocycles. The van der Waals surface area contributed by atoms with Gasteiger partial charge in [-0.25, -0.2) is 14.5 Å². The lowest BCUT2D eigenvalue weighted by Crippen LogP contribution is -2.22. The average molecular weight is 418 g/mol. The second kappa shape index (κ2) is 8.08. The minimum atomic E-state index is -0.415. The third-order valence-corrected chi connectivity index (χ3v) is 5.81. The largest absolute Gasteiger partial charge is 0.269 e. The number of nitro groups is 1. The van der Waals surface area contributed by atoms with Gasteiger partial charge in [0.05, 0.1) is 15.8 Å². The molecule has 0 saturated carbocycles. The first-order chi connectivity index (χ1) is 14.4. The van der Waals surface area contributed by atoms with Gasteiger partial charge in [0.1, 0.15) is 5.82 Å². The summed E-state index contributed by atoms with van der Waals surface area (Å²) in [6.45, 7) is 3.86. The van der Waals surface area contributed by atoms with Gasteiger partial charge in [-0.15, -0.1) is 0 Å². The number of rotatable bonds is 5. The number of nitro benzene ring substituents is 1. The zero-order chi connectivity index (χ0) is 21.3. The molecule has 0 spiro atoms. The molecule has 1 atom stereocenters. The number of non-ortho nitro benzene ring substituents is 1. The predicted octanol–water partition coefficient (Wildman–Crippen LogP) is 4.85. The molecule has 0 aliphatic rings. The molecule has 7 nitrogen and oxygen atoms in total. The highest BCUT2D eigenvalue weighted by atomic mass is 32.2. The quantitative estimate of drug-likeness (QED) is 0.199. The standard InChI is InChI=1S/C22H18N4O3S/c1-14-10-11-20(23-13-14)25-21(27)18-8-3-4-9-19(18)24-22(25)30-15(2)16-6-5-7-17(12-16)26(28)29/h3-13,15H,1-2H3. The third kappa shape index (κ3) is 3.81. The fraction of sp³-hybridized carbons (Fsp3) is 0.136. The monoisotopic (exact) mass is 418 g/mol. The molecule has 0 aliphatic carbocycles. The molecule has 1 unspecified atom stereocenters. The first-order valence-corrected chi connectivity index (χ1v) is 10.2. The van der Waals surface area contributed by atoms with Crippen LogP contribution >= 0.6 is 11.8 Å². The van der Waals surface area contributed by atoms with E-state index in [1.165, 1.54) is 22.4 Å². The maximum atomic E-state index is 13.3. The van der Waals surface area contributed by atoms with Crippen molar-refractivity contribution in [3.63, 3.8) is 0 Å². The molecule has 30 heavy (non-hydrogen) atoms. The number of aromatic nitrogens is 3. The van der Waals surface area contributed by atoms with E-state index in [1.54, 1.807) is 42.6 Å². The number of aryl methyl sites for hydroxylation is 1. The maximum Gasteiger partial charge on any atom is 0.269 e. The molecule has 0 amide bonds. The number of benzene rings is 2. The summed E-state index contributed by atoms with van der Waals surface area (Å²) in [5.41, 5.74) is 2.19. The molecular formula is C22H18N4O3S. The van der Waals surface area contributed by atoms with Crippen LogP contribution in [0.1, 0.15) is 23.3 Å². The van der Waals surface area contributed by atoms with E-state index in [-0.39, 0.29) is 16.5 Å². The molecule has 0 fully saturated rings. The Morgan fingerprint density at radius 3 is 2.63 bits per heavy atom. The van der Waals surface area contributed by atoms with E-state index >= 15 is 0 Å². The van der Waals surface area contributed by atoms with Crippen molar-refractivity contribution in [1.29, 1.82) is 0 Å². The summed E-state index contributed by atoms with van der Waals surface area (Å²) in [6.07, 6.45) is 1.70. The van der Waals surface area contributed by atoms with Crippen molar-refractivity contribution in [2.75, 3.05) is 0 Å². The summed E-state index contributed by atoms with van der Waals surface area (Å²) in [5, 5.41) is 11.9. The van der Waals surface area contributed by atoms with Crippen LogP contribution < -0.4 is 5.56 Å². The highest BCUT2D eigenvalue weighted by Crippen LogP contribution is 2.35. The van der Waals surface area contributed by atoms with Gasteiger partial charge < -0.3 is 0 Å². The van der Waals surface area contributed by atoms with Gasteiger partial charge in [0.2, 0.25) is 0 Å². The predicted molar refractivity (Wildman–Crippen MR) is 117 cm³/mol. The van der Waals surface area contributed by atoms with Crippen LogP contribution in [-0.4, -0.2) is 19.5 Å². The van der Waals surface area contributed by atoms with Gasteiger partial charge in [0, 0.05) is 23.6 Å². The van der Waals surface area contributed by atoms with E-state index in [9.17, 15) is 14.9 Å². The van der Waals surface area contributed by atoms with Gasteiger partial charge in [-0.2, -0.15) is 0 Å². The van der Waals surface area contributed by atoms with E-state index in [0.717, 1.165) is 11.1 Å². The van der Waals surface area contributed by atoms with Gasteiger partial charge in [0.15, 0.2) is 5.16 Å². The molecule has 0 aliphatic heterocycles. The van der Waals surface area contributed by atoms with Crippen LogP contribution in [-0.2, 0) is 0 Å². The topological polar surface area (TPSA) is 90.9 Å². The molecule has 0 bridgehead atoms. The Bertz CT molecular complexity index is 1300. The second-order valence-electron chi connectivity index (χ2n) is 6.86. The van der Waals surface area contributed by atoms with Crippen LogP contribution in [0.2, 0.25) is 0 Å². The Hall–Kier alpha value is -3.52. The van der Waals surface area contributed by atoms with Crippen molar-refractivity contribution >= 4 is 28.4 Å². The Balaban J connectivity index is 1.84. The van der Waals surface area contributed by atoms with E-state index < -0.39 is 4.92 Å². The van der Waals surface area contributed by atoms with E-state index in [2.05, 4.69) is 4.98 Å². The lowest BCUT2D eigenvalue weighted by molar-refractivity contribution is -0.384. The molecule has 150 valence electrons. The van der Waals surface area contributed by atoms with Crippen LogP contribution in [0, 0.1) is 17.0 Å². The summed E-state index contributed by atoms with van der Waals surface area (Å²) in [5.74, 6) is 0.484. The number of thioether (sulfide) groups is 1. The minimum Gasteiger partial charge on any atom is -0.268 e. The van der Waals surface area contributed by atoms with E-state index in [0.29, 0.717) is 21.9 Å². The van der Waals surface area contributed by atoms with Crippen LogP contribution in [0.25, 0.3) is 16.7 Å². The fourth-order valence-electron chi connectivity index (χ4n) is 3.10. The molecular weight excluding hydrogens is 400 g/mol. The Morgan fingerprint density at radius 1 is 1.10 bits per heavy atom. The normalized spacial score (nSPS) is 12.1. The third-order valence-electron chi connectivity index (χ3n) is 4.70. The number of para-hydroxylation sites is 1. The average Bonchev–Trinajstić information content (AvgIpc) is 2.75. The number of pyridine rings is 1. The van der Waals surface area contributed by atoms with Crippen molar-refractivity contribution in [3.8, 4) is 5.82 Å². The van der Waals surface area contributed by atoms with Gasteiger partial charge >= 0.3 is 0 Å².